The Balaban J connectivity index is 1.36. The van der Waals surface area contributed by atoms with Gasteiger partial charge in [-0.25, -0.2) is 4.98 Å². The number of amides is 2. The van der Waals surface area contributed by atoms with Crippen LogP contribution in [0, 0.1) is 6.92 Å². The number of carbonyl (C=O) groups excluding carboxylic acids is 3. The lowest BCUT2D eigenvalue weighted by Crippen LogP contribution is -2.52. The van der Waals surface area contributed by atoms with E-state index in [9.17, 15) is 14.4 Å². The highest BCUT2D eigenvalue weighted by Crippen LogP contribution is 2.49. The number of nitrogens with zero attached hydrogens (tertiary/aromatic N) is 1. The molecule has 0 bridgehead atoms. The van der Waals surface area contributed by atoms with Crippen LogP contribution >= 0.6 is 11.3 Å². The fourth-order valence-corrected chi connectivity index (χ4v) is 7.31. The Morgan fingerprint density at radius 1 is 1.09 bits per heavy atom. The van der Waals surface area contributed by atoms with Gasteiger partial charge in [0, 0.05) is 40.5 Å². The zero-order chi connectivity index (χ0) is 30.5. The molecule has 2 amide bonds. The van der Waals surface area contributed by atoms with Crippen molar-refractivity contribution in [2.45, 2.75) is 49.9 Å². The van der Waals surface area contributed by atoms with E-state index in [1.54, 1.807) is 42.5 Å². The monoisotopic (exact) mass is 596 g/mol. The van der Waals surface area contributed by atoms with Crippen molar-refractivity contribution in [2.75, 3.05) is 5.73 Å². The molecule has 6 rings (SSSR count). The van der Waals surface area contributed by atoms with Gasteiger partial charge in [-0.05, 0) is 67.7 Å². The molecule has 43 heavy (non-hydrogen) atoms. The van der Waals surface area contributed by atoms with Crippen LogP contribution in [0.25, 0.3) is 10.1 Å². The van der Waals surface area contributed by atoms with Gasteiger partial charge in [0.05, 0.1) is 15.6 Å². The van der Waals surface area contributed by atoms with Crippen molar-refractivity contribution in [1.82, 2.24) is 15.6 Å². The number of ether oxygens (including phenoxy) is 1. The van der Waals surface area contributed by atoms with Crippen LogP contribution in [-0.2, 0) is 15.1 Å². The summed E-state index contributed by atoms with van der Waals surface area (Å²) in [6.07, 6.45) is 3.50. The van der Waals surface area contributed by atoms with Crippen molar-refractivity contribution in [3.63, 3.8) is 0 Å². The fourth-order valence-electron chi connectivity index (χ4n) is 6.11. The molecule has 11 heteroatoms. The number of hydrogen-bond donors (Lipinski definition) is 5. The van der Waals surface area contributed by atoms with E-state index in [0.29, 0.717) is 55.4 Å². The van der Waals surface area contributed by atoms with Gasteiger partial charge in [0.2, 0.25) is 11.8 Å². The Morgan fingerprint density at radius 2 is 1.81 bits per heavy atom. The van der Waals surface area contributed by atoms with Gasteiger partial charge < -0.3 is 32.6 Å². The maximum absolute atomic E-state index is 14.1. The molecule has 2 aromatic heterocycles. The van der Waals surface area contributed by atoms with E-state index >= 15 is 0 Å². The summed E-state index contributed by atoms with van der Waals surface area (Å²) in [6.45, 7) is 5.38. The molecular weight excluding hydrogens is 564 g/mol. The largest absolute Gasteiger partial charge is 0.439 e. The first-order chi connectivity index (χ1) is 20.6. The third kappa shape index (κ3) is 4.85. The Labute approximate surface area is 252 Å². The number of ketones is 1. The maximum Gasteiger partial charge on any atom is 0.262 e. The zero-order valence-corrected chi connectivity index (χ0v) is 24.4. The van der Waals surface area contributed by atoms with Crippen molar-refractivity contribution in [1.29, 1.82) is 0 Å². The summed E-state index contributed by atoms with van der Waals surface area (Å²) in [5.41, 5.74) is 21.2. The number of carbonyl (C=O) groups is 3. The maximum atomic E-state index is 14.1. The van der Waals surface area contributed by atoms with Crippen LogP contribution in [0.3, 0.4) is 0 Å². The molecule has 8 N–H and O–H groups in total. The molecule has 1 fully saturated rings. The van der Waals surface area contributed by atoms with E-state index in [2.05, 4.69) is 22.2 Å². The molecule has 1 saturated carbocycles. The lowest BCUT2D eigenvalue weighted by atomic mass is 9.70. The molecule has 0 aliphatic heterocycles. The first kappa shape index (κ1) is 28.5. The van der Waals surface area contributed by atoms with Crippen LogP contribution in [0.15, 0.2) is 67.3 Å². The highest BCUT2D eigenvalue weighted by atomic mass is 32.1. The van der Waals surface area contributed by atoms with E-state index in [1.165, 1.54) is 17.4 Å². The first-order valence-corrected chi connectivity index (χ1v) is 14.8. The molecule has 0 spiro atoms. The average Bonchev–Trinajstić information content (AvgIpc) is 3.61. The van der Waals surface area contributed by atoms with Gasteiger partial charge in [-0.15, -0.1) is 11.3 Å². The predicted molar refractivity (Wildman–Crippen MR) is 166 cm³/mol. The third-order valence-corrected chi connectivity index (χ3v) is 9.51. The number of aryl methyl sites for hydroxylation is 1. The van der Waals surface area contributed by atoms with E-state index in [0.717, 1.165) is 18.5 Å². The number of hydrogen-bond acceptors (Lipinski definition) is 9. The third-order valence-electron chi connectivity index (χ3n) is 8.26. The summed E-state index contributed by atoms with van der Waals surface area (Å²) in [6, 6.07) is 14.2. The quantitative estimate of drug-likeness (QED) is 0.158. The number of Topliss-reactive ketones (excluding diaryl/α,β-unsaturated/α-hetero) is 1. The summed E-state index contributed by atoms with van der Waals surface area (Å²) in [5.74, 6) is -0.120. The van der Waals surface area contributed by atoms with Gasteiger partial charge in [-0.3, -0.25) is 14.4 Å². The van der Waals surface area contributed by atoms with Crippen molar-refractivity contribution < 1.29 is 19.1 Å². The van der Waals surface area contributed by atoms with Gasteiger partial charge >= 0.3 is 0 Å². The van der Waals surface area contributed by atoms with Crippen molar-refractivity contribution in [2.24, 2.45) is 11.5 Å². The van der Waals surface area contributed by atoms with Crippen molar-refractivity contribution in [3.8, 4) is 11.6 Å². The van der Waals surface area contributed by atoms with Gasteiger partial charge in [-0.2, -0.15) is 0 Å². The highest BCUT2D eigenvalue weighted by Gasteiger charge is 2.49. The predicted octanol–water partition coefficient (Wildman–Crippen LogP) is 3.72. The van der Waals surface area contributed by atoms with Crippen LogP contribution < -0.4 is 32.6 Å². The zero-order valence-electron chi connectivity index (χ0n) is 23.6. The number of nitrogens with two attached hydrogens (primary N) is 3. The number of nitrogens with one attached hydrogen (secondary N) is 2. The van der Waals surface area contributed by atoms with Gasteiger partial charge in [-0.1, -0.05) is 30.8 Å². The van der Waals surface area contributed by atoms with Crippen molar-refractivity contribution >= 4 is 44.7 Å². The van der Waals surface area contributed by atoms with Gasteiger partial charge in [0.1, 0.15) is 11.3 Å². The minimum atomic E-state index is -1.58. The summed E-state index contributed by atoms with van der Waals surface area (Å²) < 4.78 is 6.52. The Morgan fingerprint density at radius 3 is 2.51 bits per heavy atom. The lowest BCUT2D eigenvalue weighted by Gasteiger charge is -2.36. The molecule has 2 unspecified atom stereocenters. The molecule has 4 atom stereocenters. The Hall–Kier alpha value is -4.58. The number of benzene rings is 2. The average molecular weight is 597 g/mol. The summed E-state index contributed by atoms with van der Waals surface area (Å²) >= 11 is 1.19. The molecule has 0 saturated heterocycles. The number of thiophene rings is 1. The van der Waals surface area contributed by atoms with Crippen molar-refractivity contribution in [3.05, 3.63) is 94.5 Å². The summed E-state index contributed by atoms with van der Waals surface area (Å²) in [5, 5.41) is 6.57. The molecule has 2 aromatic carbocycles. The molecule has 2 aliphatic rings. The molecular formula is C32H32N6O4S. The smallest absolute Gasteiger partial charge is 0.262 e. The molecule has 10 nitrogen and oxygen atoms in total. The second-order valence-electron chi connectivity index (χ2n) is 11.0. The van der Waals surface area contributed by atoms with Crippen LogP contribution in [0.1, 0.15) is 57.4 Å². The summed E-state index contributed by atoms with van der Waals surface area (Å²) in [7, 11) is 0. The first-order valence-electron chi connectivity index (χ1n) is 14.0. The molecule has 2 aliphatic carbocycles. The number of anilines is 1. The lowest BCUT2D eigenvalue weighted by molar-refractivity contribution is -0.124. The SMILES string of the molecule is C=CC(=O)N[C@H]1CCC[C@H]1NC(=O)c1sc2c(N)ccc3c2c1C(N)C(=O)C3(N)c1ccc(Oc2cccc(C)n2)cc1. The minimum Gasteiger partial charge on any atom is -0.439 e. The number of nitrogen functional groups attached to an aromatic ring is 1. The molecule has 220 valence electrons. The Kier molecular flexibility index (Phi) is 7.25. The highest BCUT2D eigenvalue weighted by molar-refractivity contribution is 7.21. The number of pyridine rings is 1. The standard InChI is InChI=1S/C32H32N6O4S/c1-3-23(39)37-21-7-5-8-22(21)38-31(41)29-26-25-19(14-15-20(33)28(25)43-29)32(35,30(40)27(26)34)17-10-12-18(13-11-17)42-24-9-4-6-16(2)36-24/h3-4,6,9-15,21-22,27H,1,5,7-8,33-35H2,2H3,(H,37,39)(H,38,41)/t21-,22+,27?,32?/m0/s1. The number of rotatable bonds is 7. The van der Waals surface area contributed by atoms with E-state index in [4.69, 9.17) is 21.9 Å². The Bertz CT molecular complexity index is 1780. The van der Waals surface area contributed by atoms with E-state index < -0.39 is 17.4 Å². The topological polar surface area (TPSA) is 175 Å². The van der Waals surface area contributed by atoms with E-state index in [1.807, 2.05) is 19.1 Å². The molecule has 2 heterocycles. The normalized spacial score (nSPS) is 22.8. The molecule has 4 aromatic rings. The minimum absolute atomic E-state index is 0.221. The second-order valence-corrected chi connectivity index (χ2v) is 12.0. The molecule has 0 radical (unpaired) electrons. The van der Waals surface area contributed by atoms with Crippen LogP contribution in [0.5, 0.6) is 11.6 Å². The van der Waals surface area contributed by atoms with Gasteiger partial charge in [0.15, 0.2) is 5.78 Å². The van der Waals surface area contributed by atoms with Gasteiger partial charge in [0.25, 0.3) is 5.91 Å². The van der Waals surface area contributed by atoms with Crippen LogP contribution in [-0.4, -0.2) is 34.7 Å². The second kappa shape index (κ2) is 10.9. The summed E-state index contributed by atoms with van der Waals surface area (Å²) in [4.78, 5) is 44.3. The fraction of sp³-hybridized carbons (Fsp3) is 0.250. The van der Waals surface area contributed by atoms with E-state index in [-0.39, 0.29) is 23.9 Å². The van der Waals surface area contributed by atoms with Crippen LogP contribution in [0.4, 0.5) is 5.69 Å². The van der Waals surface area contributed by atoms with Crippen LogP contribution in [0.2, 0.25) is 0 Å². The number of aromatic nitrogens is 1.